The van der Waals surface area contributed by atoms with Crippen molar-refractivity contribution in [2.75, 3.05) is 13.2 Å². The molecule has 0 radical (unpaired) electrons. The highest BCUT2D eigenvalue weighted by Gasteiger charge is 2.07. The van der Waals surface area contributed by atoms with E-state index >= 15 is 0 Å². The molecule has 0 saturated heterocycles. The lowest BCUT2D eigenvalue weighted by Gasteiger charge is -2.07. The van der Waals surface area contributed by atoms with E-state index in [2.05, 4.69) is 5.32 Å². The molecule has 0 heterocycles. The van der Waals surface area contributed by atoms with Gasteiger partial charge in [-0.15, -0.1) is 0 Å². The van der Waals surface area contributed by atoms with E-state index < -0.39 is 5.97 Å². The summed E-state index contributed by atoms with van der Waals surface area (Å²) < 4.78 is 5.62. The zero-order valence-electron chi connectivity index (χ0n) is 13.6. The third-order valence-corrected chi connectivity index (χ3v) is 3.54. The van der Waals surface area contributed by atoms with Crippen LogP contribution in [0.5, 0.6) is 5.75 Å². The number of aryl methyl sites for hydroxylation is 1. The quantitative estimate of drug-likeness (QED) is 0.730. The molecule has 0 aliphatic carbocycles. The molecule has 24 heavy (non-hydrogen) atoms. The molecule has 0 atom stereocenters. The van der Waals surface area contributed by atoms with Gasteiger partial charge in [0, 0.05) is 12.1 Å². The Labute approximate surface area is 141 Å². The fourth-order valence-electron chi connectivity index (χ4n) is 2.12. The van der Waals surface area contributed by atoms with Crippen LogP contribution in [0.25, 0.3) is 0 Å². The molecule has 0 unspecified atom stereocenters. The van der Waals surface area contributed by atoms with Crippen molar-refractivity contribution in [3.8, 4) is 5.75 Å². The number of hydrogen-bond donors (Lipinski definition) is 2. The molecule has 5 nitrogen and oxygen atoms in total. The van der Waals surface area contributed by atoms with Crippen LogP contribution in [0.2, 0.25) is 0 Å². The number of benzene rings is 2. The number of unbranched alkanes of at least 4 members (excludes halogenated alkanes) is 1. The molecule has 2 rings (SSSR count). The number of carboxylic acids is 1. The standard InChI is InChI=1S/C19H21NO4/c1-14-4-10-17(11-5-14)24-13-3-2-12-20-18(21)15-6-8-16(9-7-15)19(22)23/h4-11H,2-3,12-13H2,1H3,(H,20,21)(H,22,23). The van der Waals surface area contributed by atoms with Crippen LogP contribution in [0.4, 0.5) is 0 Å². The summed E-state index contributed by atoms with van der Waals surface area (Å²) in [5, 5.41) is 11.6. The third kappa shape index (κ3) is 5.43. The number of hydrogen-bond acceptors (Lipinski definition) is 3. The van der Waals surface area contributed by atoms with Gasteiger partial charge in [-0.1, -0.05) is 17.7 Å². The summed E-state index contributed by atoms with van der Waals surface area (Å²) in [7, 11) is 0. The number of carbonyl (C=O) groups is 2. The van der Waals surface area contributed by atoms with E-state index in [0.29, 0.717) is 18.7 Å². The van der Waals surface area contributed by atoms with E-state index in [9.17, 15) is 9.59 Å². The van der Waals surface area contributed by atoms with E-state index in [4.69, 9.17) is 9.84 Å². The summed E-state index contributed by atoms with van der Waals surface area (Å²) in [5.74, 6) is -0.356. The monoisotopic (exact) mass is 327 g/mol. The predicted molar refractivity (Wildman–Crippen MR) is 91.6 cm³/mol. The second kappa shape index (κ2) is 8.72. The summed E-state index contributed by atoms with van der Waals surface area (Å²) in [6, 6.07) is 13.8. The first-order valence-electron chi connectivity index (χ1n) is 7.87. The molecule has 0 bridgehead atoms. The fraction of sp³-hybridized carbons (Fsp3) is 0.263. The van der Waals surface area contributed by atoms with Gasteiger partial charge in [-0.25, -0.2) is 4.79 Å². The van der Waals surface area contributed by atoms with Gasteiger partial charge in [0.2, 0.25) is 0 Å². The Morgan fingerprint density at radius 2 is 1.58 bits per heavy atom. The minimum Gasteiger partial charge on any atom is -0.494 e. The highest BCUT2D eigenvalue weighted by atomic mass is 16.5. The lowest BCUT2D eigenvalue weighted by Crippen LogP contribution is -2.24. The first-order valence-corrected chi connectivity index (χ1v) is 7.87. The molecule has 2 aromatic rings. The summed E-state index contributed by atoms with van der Waals surface area (Å²) in [6.07, 6.45) is 1.65. The molecule has 0 aliphatic rings. The molecule has 1 amide bonds. The zero-order chi connectivity index (χ0) is 17.4. The van der Waals surface area contributed by atoms with Gasteiger partial charge in [0.1, 0.15) is 5.75 Å². The largest absolute Gasteiger partial charge is 0.494 e. The van der Waals surface area contributed by atoms with Crippen LogP contribution in [-0.4, -0.2) is 30.1 Å². The molecular formula is C19H21NO4. The predicted octanol–water partition coefficient (Wildman–Crippen LogP) is 3.28. The average Bonchev–Trinajstić information content (AvgIpc) is 2.59. The number of carbonyl (C=O) groups excluding carboxylic acids is 1. The smallest absolute Gasteiger partial charge is 0.335 e. The van der Waals surface area contributed by atoms with Gasteiger partial charge in [0.25, 0.3) is 5.91 Å². The topological polar surface area (TPSA) is 75.6 Å². The molecule has 2 N–H and O–H groups in total. The van der Waals surface area contributed by atoms with Crippen molar-refractivity contribution >= 4 is 11.9 Å². The Balaban J connectivity index is 1.64. The second-order valence-corrected chi connectivity index (χ2v) is 5.51. The van der Waals surface area contributed by atoms with Crippen LogP contribution in [0.1, 0.15) is 39.1 Å². The maximum absolute atomic E-state index is 11.9. The van der Waals surface area contributed by atoms with Crippen molar-refractivity contribution in [3.63, 3.8) is 0 Å². The average molecular weight is 327 g/mol. The van der Waals surface area contributed by atoms with Crippen LogP contribution in [0, 0.1) is 6.92 Å². The molecule has 5 heteroatoms. The Morgan fingerprint density at radius 3 is 2.21 bits per heavy atom. The highest BCUT2D eigenvalue weighted by molar-refractivity contribution is 5.95. The molecule has 2 aromatic carbocycles. The lowest BCUT2D eigenvalue weighted by molar-refractivity contribution is 0.0696. The van der Waals surface area contributed by atoms with Crippen molar-refractivity contribution in [1.29, 1.82) is 0 Å². The summed E-state index contributed by atoms with van der Waals surface area (Å²) in [5.41, 5.74) is 1.82. The van der Waals surface area contributed by atoms with Crippen molar-refractivity contribution in [2.24, 2.45) is 0 Å². The summed E-state index contributed by atoms with van der Waals surface area (Å²) in [6.45, 7) is 3.19. The van der Waals surface area contributed by atoms with Crippen molar-refractivity contribution < 1.29 is 19.4 Å². The first-order chi connectivity index (χ1) is 11.6. The minimum atomic E-state index is -1.00. The van der Waals surface area contributed by atoms with E-state index in [1.54, 1.807) is 0 Å². The Bertz CT molecular complexity index is 678. The van der Waals surface area contributed by atoms with Gasteiger partial charge in [-0.3, -0.25) is 4.79 Å². The van der Waals surface area contributed by atoms with Gasteiger partial charge in [0.15, 0.2) is 0 Å². The maximum Gasteiger partial charge on any atom is 0.335 e. The summed E-state index contributed by atoms with van der Waals surface area (Å²) >= 11 is 0. The number of aromatic carboxylic acids is 1. The number of amides is 1. The summed E-state index contributed by atoms with van der Waals surface area (Å²) in [4.78, 5) is 22.7. The van der Waals surface area contributed by atoms with E-state index in [1.165, 1.54) is 29.8 Å². The lowest BCUT2D eigenvalue weighted by atomic mass is 10.1. The van der Waals surface area contributed by atoms with Gasteiger partial charge in [0.05, 0.1) is 12.2 Å². The number of nitrogens with one attached hydrogen (secondary N) is 1. The van der Waals surface area contributed by atoms with Crippen LogP contribution in [0.15, 0.2) is 48.5 Å². The zero-order valence-corrected chi connectivity index (χ0v) is 13.6. The normalized spacial score (nSPS) is 10.2. The van der Waals surface area contributed by atoms with Gasteiger partial charge >= 0.3 is 5.97 Å². The highest BCUT2D eigenvalue weighted by Crippen LogP contribution is 2.11. The SMILES string of the molecule is Cc1ccc(OCCCCNC(=O)c2ccc(C(=O)O)cc2)cc1. The first kappa shape index (κ1) is 17.5. The van der Waals surface area contributed by atoms with Gasteiger partial charge in [-0.2, -0.15) is 0 Å². The van der Waals surface area contributed by atoms with Crippen molar-refractivity contribution in [1.82, 2.24) is 5.32 Å². The van der Waals surface area contributed by atoms with Crippen LogP contribution in [-0.2, 0) is 0 Å². The maximum atomic E-state index is 11.9. The molecule has 0 aliphatic heterocycles. The van der Waals surface area contributed by atoms with E-state index in [0.717, 1.165) is 18.6 Å². The van der Waals surface area contributed by atoms with Crippen molar-refractivity contribution in [2.45, 2.75) is 19.8 Å². The Morgan fingerprint density at radius 1 is 0.958 bits per heavy atom. The minimum absolute atomic E-state index is 0.166. The third-order valence-electron chi connectivity index (χ3n) is 3.54. The molecular weight excluding hydrogens is 306 g/mol. The van der Waals surface area contributed by atoms with Gasteiger partial charge < -0.3 is 15.2 Å². The molecule has 0 spiro atoms. The second-order valence-electron chi connectivity index (χ2n) is 5.51. The molecule has 0 aromatic heterocycles. The van der Waals surface area contributed by atoms with Crippen molar-refractivity contribution in [3.05, 3.63) is 65.2 Å². The van der Waals surface area contributed by atoms with E-state index in [-0.39, 0.29) is 11.5 Å². The Kier molecular flexibility index (Phi) is 6.37. The fourth-order valence-corrected chi connectivity index (χ4v) is 2.12. The molecule has 0 fully saturated rings. The van der Waals surface area contributed by atoms with E-state index in [1.807, 2.05) is 31.2 Å². The molecule has 126 valence electrons. The number of carboxylic acid groups (broad SMARTS) is 1. The van der Waals surface area contributed by atoms with Crippen LogP contribution < -0.4 is 10.1 Å². The number of rotatable bonds is 8. The van der Waals surface area contributed by atoms with Crippen LogP contribution >= 0.6 is 0 Å². The van der Waals surface area contributed by atoms with Crippen LogP contribution in [0.3, 0.4) is 0 Å². The molecule has 0 saturated carbocycles. The number of ether oxygens (including phenoxy) is 1. The Hall–Kier alpha value is -2.82. The van der Waals surface area contributed by atoms with Gasteiger partial charge in [-0.05, 0) is 56.2 Å².